The summed E-state index contributed by atoms with van der Waals surface area (Å²) in [6, 6.07) is 29.1. The number of hydrogen-bond acceptors (Lipinski definition) is 4. The zero-order valence-electron chi connectivity index (χ0n) is 25.4. The van der Waals surface area contributed by atoms with E-state index in [1.54, 1.807) is 0 Å². The zero-order valence-corrected chi connectivity index (χ0v) is 25.4. The van der Waals surface area contributed by atoms with Crippen LogP contribution in [0.5, 0.6) is 0 Å². The average Bonchev–Trinajstić information content (AvgIpc) is 3.48. The van der Waals surface area contributed by atoms with E-state index in [0.717, 1.165) is 38.4 Å². The number of carbonyl (C=O) groups is 4. The normalized spacial score (nSPS) is 20.0. The lowest BCUT2D eigenvalue weighted by atomic mass is 9.99. The lowest BCUT2D eigenvalue weighted by molar-refractivity contribution is -0.133. The van der Waals surface area contributed by atoms with E-state index in [4.69, 9.17) is 0 Å². The molecular weight excluding hydrogens is 578 g/mol. The van der Waals surface area contributed by atoms with Gasteiger partial charge in [0.15, 0.2) is 0 Å². The number of aromatic nitrogens is 1. The Labute approximate surface area is 267 Å². The monoisotopic (exact) mass is 615 g/mol. The third kappa shape index (κ3) is 7.61. The summed E-state index contributed by atoms with van der Waals surface area (Å²) in [5, 5.41) is 14.9. The molecule has 0 bridgehead atoms. The minimum atomic E-state index is -0.961. The highest BCUT2D eigenvalue weighted by atomic mass is 16.2. The van der Waals surface area contributed by atoms with E-state index in [2.05, 4.69) is 32.3 Å². The minimum absolute atomic E-state index is 0.0411. The molecule has 1 saturated heterocycles. The second-order valence-electron chi connectivity index (χ2n) is 11.8. The van der Waals surface area contributed by atoms with Crippen LogP contribution in [0.4, 0.5) is 0 Å². The Morgan fingerprint density at radius 3 is 2.13 bits per heavy atom. The van der Waals surface area contributed by atoms with Crippen LogP contribution in [-0.2, 0) is 38.4 Å². The van der Waals surface area contributed by atoms with Crippen LogP contribution in [0, 0.1) is 0 Å². The van der Waals surface area contributed by atoms with E-state index in [-0.39, 0.29) is 44.0 Å². The largest absolute Gasteiger partial charge is 0.361 e. The van der Waals surface area contributed by atoms with Crippen molar-refractivity contribution in [2.75, 3.05) is 6.54 Å². The number of benzene rings is 4. The molecular formula is C37H37N5O4. The van der Waals surface area contributed by atoms with Crippen molar-refractivity contribution >= 4 is 45.3 Å². The van der Waals surface area contributed by atoms with Gasteiger partial charge in [-0.25, -0.2) is 0 Å². The van der Waals surface area contributed by atoms with Gasteiger partial charge in [0.25, 0.3) is 0 Å². The number of aromatic amines is 1. The van der Waals surface area contributed by atoms with Crippen LogP contribution in [0.25, 0.3) is 21.7 Å². The maximum absolute atomic E-state index is 14.0. The van der Waals surface area contributed by atoms with Gasteiger partial charge in [0.1, 0.15) is 12.1 Å². The second-order valence-corrected chi connectivity index (χ2v) is 11.8. The van der Waals surface area contributed by atoms with E-state index >= 15 is 0 Å². The van der Waals surface area contributed by atoms with Gasteiger partial charge in [-0.3, -0.25) is 19.2 Å². The third-order valence-electron chi connectivity index (χ3n) is 8.43. The smallest absolute Gasteiger partial charge is 0.243 e. The molecule has 6 rings (SSSR count). The van der Waals surface area contributed by atoms with Crippen molar-refractivity contribution in [3.63, 3.8) is 0 Å². The standard InChI is InChI=1S/C37H37N5O4/c43-34-16-17-35(44)41-33(21-28-22-38-31-13-7-6-12-30(28)31)37(46)42-32(20-24-8-2-1-3-9-24)36(45)40-29(23-39-34)19-25-14-15-26-10-4-5-11-27(26)18-25/h1-15,18,22,29,32-33,38H,16-17,19-21,23H2,(H,39,43)(H,40,45)(H,41,44)(H,42,46)/t29-,32+,33+/m1/s1. The van der Waals surface area contributed by atoms with Crippen molar-refractivity contribution in [1.82, 2.24) is 26.3 Å². The molecule has 5 aromatic rings. The molecule has 0 spiro atoms. The van der Waals surface area contributed by atoms with Gasteiger partial charge in [0, 0.05) is 49.3 Å². The molecule has 0 saturated carbocycles. The fourth-order valence-corrected chi connectivity index (χ4v) is 6.01. The van der Waals surface area contributed by atoms with Crippen molar-refractivity contribution in [3.05, 3.63) is 120 Å². The first kappa shape index (κ1) is 30.6. The van der Waals surface area contributed by atoms with Crippen molar-refractivity contribution in [1.29, 1.82) is 0 Å². The molecule has 9 nitrogen and oxygen atoms in total. The predicted octanol–water partition coefficient (Wildman–Crippen LogP) is 3.71. The number of nitrogens with one attached hydrogen (secondary N) is 5. The molecule has 3 atom stereocenters. The van der Waals surface area contributed by atoms with Gasteiger partial charge in [-0.15, -0.1) is 0 Å². The van der Waals surface area contributed by atoms with E-state index in [1.165, 1.54) is 0 Å². The topological polar surface area (TPSA) is 132 Å². The Hall–Kier alpha value is -5.44. The number of para-hydroxylation sites is 1. The van der Waals surface area contributed by atoms with E-state index in [0.29, 0.717) is 6.42 Å². The average molecular weight is 616 g/mol. The van der Waals surface area contributed by atoms with Gasteiger partial charge in [0.2, 0.25) is 23.6 Å². The Morgan fingerprint density at radius 1 is 0.587 bits per heavy atom. The van der Waals surface area contributed by atoms with Crippen LogP contribution in [0.15, 0.2) is 103 Å². The molecule has 9 heteroatoms. The minimum Gasteiger partial charge on any atom is -0.361 e. The van der Waals surface area contributed by atoms with Crippen LogP contribution in [0.3, 0.4) is 0 Å². The lowest BCUT2D eigenvalue weighted by Crippen LogP contribution is -2.57. The Bertz CT molecular complexity index is 1870. The van der Waals surface area contributed by atoms with Gasteiger partial charge in [0.05, 0.1) is 6.04 Å². The van der Waals surface area contributed by atoms with Gasteiger partial charge in [-0.1, -0.05) is 91.0 Å². The third-order valence-corrected chi connectivity index (χ3v) is 8.43. The molecule has 0 radical (unpaired) electrons. The van der Waals surface area contributed by atoms with Crippen LogP contribution in [0.2, 0.25) is 0 Å². The van der Waals surface area contributed by atoms with E-state index in [1.807, 2.05) is 97.2 Å². The van der Waals surface area contributed by atoms with Crippen LogP contribution in [-0.4, -0.2) is 53.3 Å². The first-order chi connectivity index (χ1) is 22.4. The first-order valence-corrected chi connectivity index (χ1v) is 15.6. The van der Waals surface area contributed by atoms with E-state index in [9.17, 15) is 19.2 Å². The summed E-state index contributed by atoms with van der Waals surface area (Å²) in [7, 11) is 0. The summed E-state index contributed by atoms with van der Waals surface area (Å²) < 4.78 is 0. The van der Waals surface area contributed by atoms with E-state index < -0.39 is 29.9 Å². The quantitative estimate of drug-likeness (QED) is 0.199. The number of fused-ring (bicyclic) bond motifs is 2. The molecule has 1 aliphatic heterocycles. The lowest BCUT2D eigenvalue weighted by Gasteiger charge is -2.27. The Balaban J connectivity index is 1.28. The second kappa shape index (κ2) is 14.1. The van der Waals surface area contributed by atoms with Crippen molar-refractivity contribution in [3.8, 4) is 0 Å². The molecule has 46 heavy (non-hydrogen) atoms. The molecule has 1 aromatic heterocycles. The number of hydrogen-bond donors (Lipinski definition) is 5. The number of H-pyrrole nitrogens is 1. The maximum atomic E-state index is 14.0. The molecule has 1 aliphatic rings. The molecule has 234 valence electrons. The number of amides is 4. The number of carbonyl (C=O) groups excluding carboxylic acids is 4. The number of rotatable bonds is 6. The summed E-state index contributed by atoms with van der Waals surface area (Å²) in [5.41, 5.74) is 3.65. The molecule has 1 fully saturated rings. The summed E-state index contributed by atoms with van der Waals surface area (Å²) in [6.45, 7) is 0.175. The highest BCUT2D eigenvalue weighted by Gasteiger charge is 2.30. The highest BCUT2D eigenvalue weighted by molar-refractivity contribution is 5.94. The van der Waals surface area contributed by atoms with Crippen LogP contribution >= 0.6 is 0 Å². The van der Waals surface area contributed by atoms with Crippen LogP contribution in [0.1, 0.15) is 29.5 Å². The summed E-state index contributed by atoms with van der Waals surface area (Å²) in [5.74, 6) is -1.55. The Kier molecular flexibility index (Phi) is 9.38. The fourth-order valence-electron chi connectivity index (χ4n) is 6.01. The first-order valence-electron chi connectivity index (χ1n) is 15.6. The van der Waals surface area contributed by atoms with Gasteiger partial charge in [-0.2, -0.15) is 0 Å². The molecule has 4 aromatic carbocycles. The molecule has 5 N–H and O–H groups in total. The van der Waals surface area contributed by atoms with Crippen LogP contribution < -0.4 is 21.3 Å². The van der Waals surface area contributed by atoms with Gasteiger partial charge >= 0.3 is 0 Å². The van der Waals surface area contributed by atoms with Crippen molar-refractivity contribution in [2.24, 2.45) is 0 Å². The van der Waals surface area contributed by atoms with Crippen molar-refractivity contribution in [2.45, 2.75) is 50.2 Å². The predicted molar refractivity (Wildman–Crippen MR) is 178 cm³/mol. The zero-order chi connectivity index (χ0) is 31.9. The summed E-state index contributed by atoms with van der Waals surface area (Å²) in [6.07, 6.45) is 2.64. The summed E-state index contributed by atoms with van der Waals surface area (Å²) >= 11 is 0. The fraction of sp³-hybridized carbons (Fsp3) is 0.243. The molecule has 4 amide bonds. The van der Waals surface area contributed by atoms with Gasteiger partial charge < -0.3 is 26.3 Å². The maximum Gasteiger partial charge on any atom is 0.243 e. The SMILES string of the molecule is O=C1CCC(=O)N[C@@H](Cc2c[nH]c3ccccc23)C(=O)N[C@@H](Cc2ccccc2)C(=O)N[C@H](Cc2ccc3ccccc3c2)CN1. The Morgan fingerprint density at radius 2 is 1.28 bits per heavy atom. The molecule has 0 aliphatic carbocycles. The molecule has 2 heterocycles. The van der Waals surface area contributed by atoms with Gasteiger partial charge in [-0.05, 0) is 39.9 Å². The molecule has 0 unspecified atom stereocenters. The highest BCUT2D eigenvalue weighted by Crippen LogP contribution is 2.20. The van der Waals surface area contributed by atoms with Crippen molar-refractivity contribution < 1.29 is 19.2 Å². The summed E-state index contributed by atoms with van der Waals surface area (Å²) in [4.78, 5) is 56.9.